The molecule has 2 rings (SSSR count). The molecule has 2 atom stereocenters. The molecule has 138 valence electrons. The largest absolute Gasteiger partial charge is 0.469 e. The quantitative estimate of drug-likeness (QED) is 0.658. The van der Waals surface area contributed by atoms with E-state index in [1.807, 2.05) is 0 Å². The lowest BCUT2D eigenvalue weighted by Crippen LogP contribution is -2.48. The second-order valence-corrected chi connectivity index (χ2v) is 5.68. The molecule has 0 spiro atoms. The molecule has 1 N–H and O–H groups in total. The first-order valence-corrected chi connectivity index (χ1v) is 7.43. The van der Waals surface area contributed by atoms with Gasteiger partial charge in [-0.1, -0.05) is 6.07 Å². The molecule has 9 heteroatoms. The lowest BCUT2D eigenvalue weighted by atomic mass is 9.74. The van der Waals surface area contributed by atoms with Gasteiger partial charge in [-0.15, -0.1) is 0 Å². The Labute approximate surface area is 141 Å². The van der Waals surface area contributed by atoms with Crippen LogP contribution in [0.4, 0.5) is 17.6 Å². The van der Waals surface area contributed by atoms with Crippen LogP contribution < -0.4 is 5.32 Å². The van der Waals surface area contributed by atoms with Crippen molar-refractivity contribution in [2.24, 2.45) is 11.8 Å². The molecule has 1 aromatic carbocycles. The SMILES string of the molecule is COC(=O)C1CNCC(C(=O)OC)C1c1ccc(F)c(C(F)(F)F)c1. The number of esters is 2. The van der Waals surface area contributed by atoms with Crippen LogP contribution in [0, 0.1) is 17.7 Å². The van der Waals surface area contributed by atoms with Crippen LogP contribution in [0.2, 0.25) is 0 Å². The second-order valence-electron chi connectivity index (χ2n) is 5.68. The van der Waals surface area contributed by atoms with Crippen LogP contribution in [0.3, 0.4) is 0 Å². The Morgan fingerprint density at radius 1 is 1.08 bits per heavy atom. The maximum absolute atomic E-state index is 13.6. The number of ether oxygens (including phenoxy) is 2. The summed E-state index contributed by atoms with van der Waals surface area (Å²) in [6.45, 7) is 0.229. The van der Waals surface area contributed by atoms with E-state index >= 15 is 0 Å². The van der Waals surface area contributed by atoms with E-state index in [1.165, 1.54) is 0 Å². The van der Waals surface area contributed by atoms with E-state index in [2.05, 4.69) is 5.32 Å². The Morgan fingerprint density at radius 2 is 1.60 bits per heavy atom. The van der Waals surface area contributed by atoms with Crippen LogP contribution in [0.15, 0.2) is 18.2 Å². The molecule has 1 fully saturated rings. The number of hydrogen-bond acceptors (Lipinski definition) is 5. The summed E-state index contributed by atoms with van der Waals surface area (Å²) in [4.78, 5) is 24.1. The maximum Gasteiger partial charge on any atom is 0.419 e. The van der Waals surface area contributed by atoms with E-state index in [9.17, 15) is 27.2 Å². The zero-order valence-electron chi connectivity index (χ0n) is 13.5. The molecule has 25 heavy (non-hydrogen) atoms. The first kappa shape index (κ1) is 19.2. The Morgan fingerprint density at radius 3 is 2.04 bits per heavy atom. The van der Waals surface area contributed by atoms with Gasteiger partial charge in [-0.05, 0) is 17.7 Å². The number of carbonyl (C=O) groups excluding carboxylic acids is 2. The first-order chi connectivity index (χ1) is 11.7. The number of rotatable bonds is 3. The van der Waals surface area contributed by atoms with Crippen molar-refractivity contribution >= 4 is 11.9 Å². The number of nitrogens with one attached hydrogen (secondary N) is 1. The lowest BCUT2D eigenvalue weighted by molar-refractivity contribution is -0.152. The smallest absolute Gasteiger partial charge is 0.419 e. The number of carbonyl (C=O) groups is 2. The number of benzene rings is 1. The highest BCUT2D eigenvalue weighted by atomic mass is 19.4. The molecule has 0 bridgehead atoms. The van der Waals surface area contributed by atoms with Crippen molar-refractivity contribution in [1.82, 2.24) is 5.32 Å². The zero-order chi connectivity index (χ0) is 18.8. The van der Waals surface area contributed by atoms with Crippen molar-refractivity contribution in [3.05, 3.63) is 35.1 Å². The Bertz CT molecular complexity index is 638. The Kier molecular flexibility index (Phi) is 5.66. The van der Waals surface area contributed by atoms with Crippen molar-refractivity contribution in [3.8, 4) is 0 Å². The molecule has 1 aromatic rings. The van der Waals surface area contributed by atoms with Gasteiger partial charge in [0.2, 0.25) is 0 Å². The molecule has 2 unspecified atom stereocenters. The van der Waals surface area contributed by atoms with E-state index in [-0.39, 0.29) is 18.7 Å². The molecule has 1 saturated heterocycles. The van der Waals surface area contributed by atoms with Gasteiger partial charge in [0.15, 0.2) is 0 Å². The van der Waals surface area contributed by atoms with E-state index in [4.69, 9.17) is 9.47 Å². The van der Waals surface area contributed by atoms with Gasteiger partial charge in [-0.25, -0.2) is 4.39 Å². The van der Waals surface area contributed by atoms with Gasteiger partial charge < -0.3 is 14.8 Å². The van der Waals surface area contributed by atoms with Crippen molar-refractivity contribution in [2.45, 2.75) is 12.1 Å². The molecule has 1 aliphatic rings. The Balaban J connectivity index is 2.54. The number of hydrogen-bond donors (Lipinski definition) is 1. The zero-order valence-corrected chi connectivity index (χ0v) is 13.5. The van der Waals surface area contributed by atoms with E-state index in [0.717, 1.165) is 20.3 Å². The molecule has 0 saturated carbocycles. The highest BCUT2D eigenvalue weighted by molar-refractivity contribution is 5.79. The molecule has 0 aliphatic carbocycles. The fraction of sp³-hybridized carbons (Fsp3) is 0.500. The highest BCUT2D eigenvalue weighted by Gasteiger charge is 2.44. The van der Waals surface area contributed by atoms with E-state index < -0.39 is 47.2 Å². The lowest BCUT2D eigenvalue weighted by Gasteiger charge is -2.36. The maximum atomic E-state index is 13.6. The number of piperidine rings is 1. The summed E-state index contributed by atoms with van der Waals surface area (Å²) in [7, 11) is 2.29. The third-order valence-electron chi connectivity index (χ3n) is 4.28. The van der Waals surface area contributed by atoms with Crippen LogP contribution in [-0.2, 0) is 25.2 Å². The molecule has 0 amide bonds. The van der Waals surface area contributed by atoms with Crippen LogP contribution in [0.5, 0.6) is 0 Å². The minimum atomic E-state index is -4.89. The normalized spacial score (nSPS) is 23.8. The van der Waals surface area contributed by atoms with E-state index in [1.54, 1.807) is 0 Å². The number of alkyl halides is 3. The predicted molar refractivity (Wildman–Crippen MR) is 78.0 cm³/mol. The monoisotopic (exact) mass is 363 g/mol. The fourth-order valence-electron chi connectivity index (χ4n) is 3.12. The molecule has 1 heterocycles. The topological polar surface area (TPSA) is 64.6 Å². The van der Waals surface area contributed by atoms with Gasteiger partial charge in [0.05, 0.1) is 31.6 Å². The summed E-state index contributed by atoms with van der Waals surface area (Å²) >= 11 is 0. The number of methoxy groups -OCH3 is 2. The van der Waals surface area contributed by atoms with Crippen LogP contribution in [-0.4, -0.2) is 39.2 Å². The van der Waals surface area contributed by atoms with Gasteiger partial charge in [-0.3, -0.25) is 9.59 Å². The average Bonchev–Trinajstić information content (AvgIpc) is 2.59. The minimum absolute atomic E-state index is 0.0287. The second kappa shape index (κ2) is 7.38. The Hall–Kier alpha value is -2.16. The van der Waals surface area contributed by atoms with E-state index in [0.29, 0.717) is 12.1 Å². The van der Waals surface area contributed by atoms with Crippen molar-refractivity contribution in [3.63, 3.8) is 0 Å². The summed E-state index contributed by atoms with van der Waals surface area (Å²) in [5.41, 5.74) is -1.42. The predicted octanol–water partition coefficient (Wildman–Crippen LogP) is 2.11. The summed E-state index contributed by atoms with van der Waals surface area (Å²) < 4.78 is 62.0. The molecule has 0 radical (unpaired) electrons. The molecular weight excluding hydrogens is 346 g/mol. The molecule has 0 aromatic heterocycles. The van der Waals surface area contributed by atoms with Gasteiger partial charge in [0.25, 0.3) is 0 Å². The van der Waals surface area contributed by atoms with Crippen LogP contribution in [0.1, 0.15) is 17.0 Å². The van der Waals surface area contributed by atoms with Gasteiger partial charge in [0.1, 0.15) is 5.82 Å². The molecular formula is C16H17F4NO4. The third-order valence-corrected chi connectivity index (χ3v) is 4.28. The highest BCUT2D eigenvalue weighted by Crippen LogP contribution is 2.39. The molecule has 1 aliphatic heterocycles. The van der Waals surface area contributed by atoms with Gasteiger partial charge in [0, 0.05) is 19.0 Å². The van der Waals surface area contributed by atoms with Gasteiger partial charge >= 0.3 is 18.1 Å². The summed E-state index contributed by atoms with van der Waals surface area (Å²) in [6, 6.07) is 2.46. The summed E-state index contributed by atoms with van der Waals surface area (Å²) in [6.07, 6.45) is -4.89. The summed E-state index contributed by atoms with van der Waals surface area (Å²) in [5.74, 6) is -5.52. The van der Waals surface area contributed by atoms with Crippen LogP contribution in [0.25, 0.3) is 0 Å². The van der Waals surface area contributed by atoms with Crippen LogP contribution >= 0.6 is 0 Å². The number of halogens is 4. The van der Waals surface area contributed by atoms with Crippen molar-refractivity contribution < 1.29 is 36.6 Å². The first-order valence-electron chi connectivity index (χ1n) is 7.43. The standard InChI is InChI=1S/C16H17F4NO4/c1-24-14(22)9-6-21-7-10(15(23)25-2)13(9)8-3-4-12(17)11(5-8)16(18,19)20/h3-5,9-10,13,21H,6-7H2,1-2H3. The van der Waals surface area contributed by atoms with Crippen molar-refractivity contribution in [2.75, 3.05) is 27.3 Å². The van der Waals surface area contributed by atoms with Crippen molar-refractivity contribution in [1.29, 1.82) is 0 Å². The average molecular weight is 363 g/mol. The minimum Gasteiger partial charge on any atom is -0.469 e. The molecule has 5 nitrogen and oxygen atoms in total. The van der Waals surface area contributed by atoms with Gasteiger partial charge in [-0.2, -0.15) is 13.2 Å². The third kappa shape index (κ3) is 3.92. The fourth-order valence-corrected chi connectivity index (χ4v) is 3.12. The summed E-state index contributed by atoms with van der Waals surface area (Å²) in [5, 5.41) is 2.87.